The molecule has 0 spiro atoms. The molecule has 4 rings (SSSR count). The number of amides is 1. The Labute approximate surface area is 160 Å². The zero-order valence-electron chi connectivity index (χ0n) is 15.1. The van der Waals surface area contributed by atoms with Gasteiger partial charge >= 0.3 is 0 Å². The van der Waals surface area contributed by atoms with Gasteiger partial charge in [0.25, 0.3) is 5.91 Å². The predicted molar refractivity (Wildman–Crippen MR) is 98.8 cm³/mol. The molecule has 0 saturated heterocycles. The van der Waals surface area contributed by atoms with E-state index in [-0.39, 0.29) is 18.6 Å². The first kappa shape index (κ1) is 18.1. The van der Waals surface area contributed by atoms with Crippen molar-refractivity contribution in [1.29, 1.82) is 0 Å². The summed E-state index contributed by atoms with van der Waals surface area (Å²) in [5.74, 6) is -0.782. The van der Waals surface area contributed by atoms with Gasteiger partial charge in [0.2, 0.25) is 0 Å². The van der Waals surface area contributed by atoms with Gasteiger partial charge in [-0.15, -0.1) is 0 Å². The van der Waals surface area contributed by atoms with Crippen LogP contribution in [0.1, 0.15) is 22.2 Å². The van der Waals surface area contributed by atoms with Crippen LogP contribution < -0.4 is 15.4 Å². The van der Waals surface area contributed by atoms with Gasteiger partial charge in [-0.3, -0.25) is 10.1 Å². The Morgan fingerprint density at radius 1 is 1.25 bits per heavy atom. The zero-order chi connectivity index (χ0) is 19.7. The number of carbonyl (C=O) groups excluding carboxylic acids is 1. The second kappa shape index (κ2) is 7.40. The predicted octanol–water partition coefficient (Wildman–Crippen LogP) is 2.87. The molecule has 1 aliphatic heterocycles. The smallest absolute Gasteiger partial charge is 0.269 e. The summed E-state index contributed by atoms with van der Waals surface area (Å²) in [4.78, 5) is 12.2. The highest BCUT2D eigenvalue weighted by Gasteiger charge is 2.27. The third kappa shape index (κ3) is 3.46. The number of hydrogen-bond donors (Lipinski definition) is 2. The van der Waals surface area contributed by atoms with Crippen molar-refractivity contribution in [2.24, 2.45) is 0 Å². The lowest BCUT2D eigenvalue weighted by Crippen LogP contribution is -2.45. The maximum atomic E-state index is 13.9. The van der Waals surface area contributed by atoms with Crippen LogP contribution in [-0.4, -0.2) is 29.3 Å². The van der Waals surface area contributed by atoms with E-state index in [1.165, 1.54) is 12.1 Å². The van der Waals surface area contributed by atoms with Crippen molar-refractivity contribution < 1.29 is 18.3 Å². The molecule has 8 heteroatoms. The fraction of sp³-hybridized carbons (Fsp3) is 0.200. The van der Waals surface area contributed by atoms with Crippen molar-refractivity contribution in [1.82, 2.24) is 20.4 Å². The van der Waals surface area contributed by atoms with Gasteiger partial charge in [0, 0.05) is 23.7 Å². The number of carbonyl (C=O) groups is 1. The second-order valence-corrected chi connectivity index (χ2v) is 6.43. The molecule has 1 unspecified atom stereocenters. The lowest BCUT2D eigenvalue weighted by atomic mass is 10.1. The van der Waals surface area contributed by atoms with Crippen LogP contribution in [0.2, 0.25) is 0 Å². The quantitative estimate of drug-likeness (QED) is 0.710. The fourth-order valence-corrected chi connectivity index (χ4v) is 3.14. The van der Waals surface area contributed by atoms with Crippen molar-refractivity contribution in [3.63, 3.8) is 0 Å². The van der Waals surface area contributed by atoms with E-state index in [0.29, 0.717) is 29.2 Å². The molecule has 1 atom stereocenters. The average Bonchev–Trinajstić information content (AvgIpc) is 3.15. The fourth-order valence-electron chi connectivity index (χ4n) is 3.14. The molecule has 0 radical (unpaired) electrons. The summed E-state index contributed by atoms with van der Waals surface area (Å²) in [7, 11) is 1.58. The summed E-state index contributed by atoms with van der Waals surface area (Å²) in [6, 6.07) is 12.5. The van der Waals surface area contributed by atoms with Crippen LogP contribution in [0, 0.1) is 11.6 Å². The Kier molecular flexibility index (Phi) is 4.79. The minimum atomic E-state index is -0.622. The number of fused-ring (bicyclic) bond motifs is 1. The van der Waals surface area contributed by atoms with E-state index in [9.17, 15) is 13.6 Å². The summed E-state index contributed by atoms with van der Waals surface area (Å²) in [5.41, 5.74) is 2.18. The highest BCUT2D eigenvalue weighted by Crippen LogP contribution is 2.26. The van der Waals surface area contributed by atoms with Gasteiger partial charge in [-0.25, -0.2) is 13.5 Å². The third-order valence-electron chi connectivity index (χ3n) is 4.63. The van der Waals surface area contributed by atoms with Gasteiger partial charge in [0.15, 0.2) is 0 Å². The van der Waals surface area contributed by atoms with Gasteiger partial charge < -0.3 is 10.1 Å². The number of hydrogen-bond acceptors (Lipinski definition) is 4. The number of nitrogens with one attached hydrogen (secondary N) is 2. The first-order valence-electron chi connectivity index (χ1n) is 8.74. The number of halogens is 2. The number of aromatic nitrogens is 2. The molecular weight excluding hydrogens is 366 g/mol. The number of nitrogens with zero attached hydrogens (tertiary/aromatic N) is 2. The van der Waals surface area contributed by atoms with E-state index in [0.717, 1.165) is 11.6 Å². The summed E-state index contributed by atoms with van der Waals surface area (Å²) in [6.07, 6.45) is -0.364. The number of ether oxygens (including phenoxy) is 1. The van der Waals surface area contributed by atoms with Crippen LogP contribution in [0.15, 0.2) is 48.5 Å². The Hall–Kier alpha value is -3.26. The summed E-state index contributed by atoms with van der Waals surface area (Å²) in [6.45, 7) is 0.467. The van der Waals surface area contributed by atoms with E-state index >= 15 is 0 Å². The molecule has 0 fully saturated rings. The summed E-state index contributed by atoms with van der Waals surface area (Å²) in [5, 5.41) is 10.5. The normalized spacial score (nSPS) is 15.8. The molecule has 0 bridgehead atoms. The number of benzene rings is 2. The Bertz CT molecular complexity index is 1030. The van der Waals surface area contributed by atoms with Crippen LogP contribution in [0.5, 0.6) is 5.75 Å². The van der Waals surface area contributed by atoms with Crippen molar-refractivity contribution in [2.75, 3.05) is 13.7 Å². The Balaban J connectivity index is 1.60. The topological polar surface area (TPSA) is 68.2 Å². The lowest BCUT2D eigenvalue weighted by molar-refractivity contribution is 0.0900. The van der Waals surface area contributed by atoms with Crippen molar-refractivity contribution in [3.05, 3.63) is 71.4 Å². The van der Waals surface area contributed by atoms with Gasteiger partial charge in [0.05, 0.1) is 19.3 Å². The van der Waals surface area contributed by atoms with Crippen LogP contribution in [0.3, 0.4) is 0 Å². The molecule has 3 aromatic rings. The van der Waals surface area contributed by atoms with Crippen molar-refractivity contribution in [3.8, 4) is 17.0 Å². The van der Waals surface area contributed by atoms with Crippen LogP contribution >= 0.6 is 0 Å². The van der Waals surface area contributed by atoms with Crippen LogP contribution in [0.4, 0.5) is 8.78 Å². The monoisotopic (exact) mass is 384 g/mol. The van der Waals surface area contributed by atoms with Crippen LogP contribution in [0.25, 0.3) is 11.3 Å². The standard InChI is InChI=1S/C20H18F2N4O2/c1-28-15-4-2-3-12(7-15)17-9-18-20(27)24-11-19(26(18)25-17)23-10-13-5-6-14(21)8-16(13)22/h2-9,19,23H,10-11H2,1H3,(H,24,27). The van der Waals surface area contributed by atoms with E-state index in [1.807, 2.05) is 24.3 Å². The second-order valence-electron chi connectivity index (χ2n) is 6.43. The lowest BCUT2D eigenvalue weighted by Gasteiger charge is -2.26. The van der Waals surface area contributed by atoms with Crippen molar-refractivity contribution in [2.45, 2.75) is 12.7 Å². The number of rotatable bonds is 5. The maximum absolute atomic E-state index is 13.9. The maximum Gasteiger partial charge on any atom is 0.269 e. The van der Waals surface area contributed by atoms with Crippen LogP contribution in [-0.2, 0) is 6.54 Å². The molecule has 1 aromatic heterocycles. The Morgan fingerprint density at radius 3 is 2.89 bits per heavy atom. The van der Waals surface area contributed by atoms with Gasteiger partial charge in [-0.05, 0) is 24.3 Å². The molecule has 28 heavy (non-hydrogen) atoms. The van der Waals surface area contributed by atoms with Gasteiger partial charge in [0.1, 0.15) is 29.2 Å². The molecule has 0 saturated carbocycles. The molecule has 2 aromatic carbocycles. The highest BCUT2D eigenvalue weighted by molar-refractivity contribution is 5.94. The molecule has 0 aliphatic carbocycles. The minimum absolute atomic E-state index is 0.167. The Morgan fingerprint density at radius 2 is 2.11 bits per heavy atom. The van der Waals surface area contributed by atoms with Crippen molar-refractivity contribution >= 4 is 5.91 Å². The highest BCUT2D eigenvalue weighted by atomic mass is 19.1. The first-order chi connectivity index (χ1) is 13.5. The zero-order valence-corrected chi connectivity index (χ0v) is 15.1. The largest absolute Gasteiger partial charge is 0.497 e. The SMILES string of the molecule is COc1cccc(-c2cc3n(n2)C(NCc2ccc(F)cc2F)CNC3=O)c1. The molecule has 2 N–H and O–H groups in total. The molecular formula is C20H18F2N4O2. The summed E-state index contributed by atoms with van der Waals surface area (Å²) < 4.78 is 33.8. The minimum Gasteiger partial charge on any atom is -0.497 e. The summed E-state index contributed by atoms with van der Waals surface area (Å²) >= 11 is 0. The third-order valence-corrected chi connectivity index (χ3v) is 4.63. The molecule has 1 amide bonds. The van der Waals surface area contributed by atoms with E-state index in [4.69, 9.17) is 4.74 Å². The van der Waals surface area contributed by atoms with E-state index in [2.05, 4.69) is 15.7 Å². The average molecular weight is 384 g/mol. The first-order valence-corrected chi connectivity index (χ1v) is 8.74. The van der Waals surface area contributed by atoms with Gasteiger partial charge in [-0.2, -0.15) is 5.10 Å². The van der Waals surface area contributed by atoms with E-state index < -0.39 is 11.6 Å². The molecule has 1 aliphatic rings. The molecule has 2 heterocycles. The van der Waals surface area contributed by atoms with Gasteiger partial charge in [-0.1, -0.05) is 18.2 Å². The molecule has 6 nitrogen and oxygen atoms in total. The number of methoxy groups -OCH3 is 1. The molecule has 144 valence electrons. The van der Waals surface area contributed by atoms with E-state index in [1.54, 1.807) is 17.9 Å².